The zero-order valence-corrected chi connectivity index (χ0v) is 14.0. The Balaban J connectivity index is 1.74. The van der Waals surface area contributed by atoms with Crippen LogP contribution in [-0.4, -0.2) is 23.6 Å². The number of aryl methyl sites for hydroxylation is 1. The standard InChI is InChI=1S/C20H20N2O2/c1-3-24-16-8-9-17-15(12-16)13-19(21(17)2)20(23)22-11-10-14-6-4-5-7-18(14)22/h4-9,12-13H,3,10-11H2,1-2H3. The summed E-state index contributed by atoms with van der Waals surface area (Å²) in [6, 6.07) is 16.0. The van der Waals surface area contributed by atoms with Gasteiger partial charge in [0.2, 0.25) is 0 Å². The molecular weight excluding hydrogens is 300 g/mol. The Kier molecular flexibility index (Phi) is 3.53. The molecule has 4 heteroatoms. The summed E-state index contributed by atoms with van der Waals surface area (Å²) in [5, 5.41) is 1.03. The van der Waals surface area contributed by atoms with Gasteiger partial charge in [-0.15, -0.1) is 0 Å². The second kappa shape index (κ2) is 5.71. The summed E-state index contributed by atoms with van der Waals surface area (Å²) in [5.41, 5.74) is 4.01. The molecule has 1 aliphatic heterocycles. The number of benzene rings is 2. The first-order chi connectivity index (χ1) is 11.7. The first kappa shape index (κ1) is 14.8. The number of aromatic nitrogens is 1. The van der Waals surface area contributed by atoms with Gasteiger partial charge in [0.25, 0.3) is 5.91 Å². The van der Waals surface area contributed by atoms with E-state index in [0.717, 1.165) is 35.3 Å². The highest BCUT2D eigenvalue weighted by Crippen LogP contribution is 2.30. The molecule has 0 N–H and O–H groups in total. The number of hydrogen-bond acceptors (Lipinski definition) is 2. The highest BCUT2D eigenvalue weighted by molar-refractivity contribution is 6.09. The molecule has 4 nitrogen and oxygen atoms in total. The normalized spacial score (nSPS) is 13.3. The van der Waals surface area contributed by atoms with Crippen LogP contribution in [0.4, 0.5) is 5.69 Å². The predicted octanol–water partition coefficient (Wildman–Crippen LogP) is 3.78. The van der Waals surface area contributed by atoms with Gasteiger partial charge in [-0.1, -0.05) is 18.2 Å². The first-order valence-corrected chi connectivity index (χ1v) is 8.31. The molecule has 24 heavy (non-hydrogen) atoms. The second-order valence-corrected chi connectivity index (χ2v) is 6.08. The van der Waals surface area contributed by atoms with Gasteiger partial charge < -0.3 is 14.2 Å². The highest BCUT2D eigenvalue weighted by atomic mass is 16.5. The fourth-order valence-electron chi connectivity index (χ4n) is 3.48. The Morgan fingerprint density at radius 2 is 2.00 bits per heavy atom. The van der Waals surface area contributed by atoms with Crippen molar-refractivity contribution in [3.8, 4) is 5.75 Å². The fraction of sp³-hybridized carbons (Fsp3) is 0.250. The van der Waals surface area contributed by atoms with Crippen molar-refractivity contribution in [2.75, 3.05) is 18.1 Å². The van der Waals surface area contributed by atoms with Crippen molar-refractivity contribution in [2.24, 2.45) is 7.05 Å². The summed E-state index contributed by atoms with van der Waals surface area (Å²) in [5.74, 6) is 0.887. The van der Waals surface area contributed by atoms with Gasteiger partial charge in [-0.05, 0) is 49.2 Å². The van der Waals surface area contributed by atoms with Crippen LogP contribution in [0.25, 0.3) is 10.9 Å². The van der Waals surface area contributed by atoms with Gasteiger partial charge in [0.15, 0.2) is 0 Å². The maximum absolute atomic E-state index is 13.1. The molecule has 0 saturated carbocycles. The zero-order chi connectivity index (χ0) is 16.7. The second-order valence-electron chi connectivity index (χ2n) is 6.08. The highest BCUT2D eigenvalue weighted by Gasteiger charge is 2.27. The van der Waals surface area contributed by atoms with Crippen LogP contribution in [0.1, 0.15) is 23.0 Å². The molecule has 4 rings (SSSR count). The molecule has 3 aromatic rings. The Morgan fingerprint density at radius 3 is 2.83 bits per heavy atom. The van der Waals surface area contributed by atoms with E-state index in [9.17, 15) is 4.79 Å². The van der Waals surface area contributed by atoms with Gasteiger partial charge in [0.05, 0.1) is 6.61 Å². The van der Waals surface area contributed by atoms with Crippen LogP contribution in [0.15, 0.2) is 48.5 Å². The van der Waals surface area contributed by atoms with Crippen LogP contribution >= 0.6 is 0 Å². The third kappa shape index (κ3) is 2.26. The monoisotopic (exact) mass is 320 g/mol. The van der Waals surface area contributed by atoms with E-state index in [2.05, 4.69) is 6.07 Å². The first-order valence-electron chi connectivity index (χ1n) is 8.31. The van der Waals surface area contributed by atoms with Crippen molar-refractivity contribution in [1.29, 1.82) is 0 Å². The van der Waals surface area contributed by atoms with E-state index in [-0.39, 0.29) is 5.91 Å². The SMILES string of the molecule is CCOc1ccc2c(c1)cc(C(=O)N1CCc3ccccc31)n2C. The third-order valence-corrected chi connectivity index (χ3v) is 4.68. The molecule has 0 bridgehead atoms. The minimum atomic E-state index is 0.0524. The summed E-state index contributed by atoms with van der Waals surface area (Å²) in [7, 11) is 1.94. The van der Waals surface area contributed by atoms with E-state index >= 15 is 0 Å². The van der Waals surface area contributed by atoms with E-state index in [4.69, 9.17) is 4.74 Å². The molecule has 2 heterocycles. The molecule has 0 fully saturated rings. The quantitative estimate of drug-likeness (QED) is 0.736. The Morgan fingerprint density at radius 1 is 1.17 bits per heavy atom. The van der Waals surface area contributed by atoms with Crippen molar-refractivity contribution in [1.82, 2.24) is 4.57 Å². The van der Waals surface area contributed by atoms with Crippen LogP contribution < -0.4 is 9.64 Å². The molecule has 0 aliphatic carbocycles. The summed E-state index contributed by atoms with van der Waals surface area (Å²) >= 11 is 0. The zero-order valence-electron chi connectivity index (χ0n) is 14.0. The van der Waals surface area contributed by atoms with E-state index < -0.39 is 0 Å². The third-order valence-electron chi connectivity index (χ3n) is 4.68. The lowest BCUT2D eigenvalue weighted by Crippen LogP contribution is -2.30. The van der Waals surface area contributed by atoms with Gasteiger partial charge in [0.1, 0.15) is 11.4 Å². The number of para-hydroxylation sites is 1. The number of ether oxygens (including phenoxy) is 1. The lowest BCUT2D eigenvalue weighted by Gasteiger charge is -2.17. The number of anilines is 1. The average molecular weight is 320 g/mol. The molecule has 0 unspecified atom stereocenters. The van der Waals surface area contributed by atoms with Gasteiger partial charge in [0, 0.05) is 30.2 Å². The molecule has 0 atom stereocenters. The van der Waals surface area contributed by atoms with Crippen molar-refractivity contribution in [3.05, 3.63) is 59.8 Å². The lowest BCUT2D eigenvalue weighted by atomic mass is 10.2. The number of fused-ring (bicyclic) bond motifs is 2. The minimum absolute atomic E-state index is 0.0524. The van der Waals surface area contributed by atoms with Gasteiger partial charge in [-0.25, -0.2) is 0 Å². The van der Waals surface area contributed by atoms with E-state index in [1.165, 1.54) is 5.56 Å². The number of carbonyl (C=O) groups is 1. The van der Waals surface area contributed by atoms with Crippen LogP contribution in [0, 0.1) is 0 Å². The smallest absolute Gasteiger partial charge is 0.274 e. The Labute approximate surface area is 141 Å². The van der Waals surface area contributed by atoms with E-state index in [1.54, 1.807) is 0 Å². The number of nitrogens with zero attached hydrogens (tertiary/aromatic N) is 2. The molecule has 0 saturated heterocycles. The Hall–Kier alpha value is -2.75. The maximum Gasteiger partial charge on any atom is 0.274 e. The molecule has 1 amide bonds. The summed E-state index contributed by atoms with van der Waals surface area (Å²) in [6.07, 6.45) is 0.917. The summed E-state index contributed by atoms with van der Waals surface area (Å²) < 4.78 is 7.53. The topological polar surface area (TPSA) is 34.5 Å². The van der Waals surface area contributed by atoms with Gasteiger partial charge in [-0.3, -0.25) is 4.79 Å². The Bertz CT molecular complexity index is 927. The number of amides is 1. The number of rotatable bonds is 3. The van der Waals surface area contributed by atoms with Crippen molar-refractivity contribution < 1.29 is 9.53 Å². The molecular formula is C20H20N2O2. The van der Waals surface area contributed by atoms with Crippen LogP contribution in [-0.2, 0) is 13.5 Å². The summed E-state index contributed by atoms with van der Waals surface area (Å²) in [4.78, 5) is 15.0. The van der Waals surface area contributed by atoms with E-state index in [0.29, 0.717) is 12.3 Å². The number of carbonyl (C=O) groups excluding carboxylic acids is 1. The van der Waals surface area contributed by atoms with Gasteiger partial charge >= 0.3 is 0 Å². The molecule has 0 radical (unpaired) electrons. The number of hydrogen-bond donors (Lipinski definition) is 0. The molecule has 122 valence electrons. The maximum atomic E-state index is 13.1. The van der Waals surface area contributed by atoms with Crippen LogP contribution in [0.5, 0.6) is 5.75 Å². The molecule has 0 spiro atoms. The summed E-state index contributed by atoms with van der Waals surface area (Å²) in [6.45, 7) is 3.34. The predicted molar refractivity (Wildman–Crippen MR) is 95.9 cm³/mol. The minimum Gasteiger partial charge on any atom is -0.494 e. The van der Waals surface area contributed by atoms with Crippen molar-refractivity contribution in [2.45, 2.75) is 13.3 Å². The molecule has 1 aliphatic rings. The molecule has 1 aromatic heterocycles. The van der Waals surface area contributed by atoms with Crippen molar-refractivity contribution >= 4 is 22.5 Å². The van der Waals surface area contributed by atoms with E-state index in [1.807, 2.05) is 65.9 Å². The van der Waals surface area contributed by atoms with Gasteiger partial charge in [-0.2, -0.15) is 0 Å². The van der Waals surface area contributed by atoms with Crippen molar-refractivity contribution in [3.63, 3.8) is 0 Å². The fourth-order valence-corrected chi connectivity index (χ4v) is 3.48. The lowest BCUT2D eigenvalue weighted by molar-refractivity contribution is 0.0982. The largest absolute Gasteiger partial charge is 0.494 e. The average Bonchev–Trinajstić information content (AvgIpc) is 3.16. The molecule has 2 aromatic carbocycles. The van der Waals surface area contributed by atoms with Crippen LogP contribution in [0.2, 0.25) is 0 Å². The van der Waals surface area contributed by atoms with Crippen LogP contribution in [0.3, 0.4) is 0 Å².